The largest absolute Gasteiger partial charge is 0.496 e. The number of ether oxygens (including phenoxy) is 2. The van der Waals surface area contributed by atoms with Crippen LogP contribution in [-0.4, -0.2) is 25.2 Å². The van der Waals surface area contributed by atoms with Crippen LogP contribution in [0, 0.1) is 19.8 Å². The van der Waals surface area contributed by atoms with Crippen molar-refractivity contribution in [3.8, 4) is 5.75 Å². The quantitative estimate of drug-likeness (QED) is 0.768. The number of aryl methyl sites for hydroxylation is 2. The maximum atomic E-state index is 12.8. The Bertz CT molecular complexity index is 516. The summed E-state index contributed by atoms with van der Waals surface area (Å²) in [5.74, 6) is 1.14. The van der Waals surface area contributed by atoms with Gasteiger partial charge < -0.3 is 14.8 Å². The summed E-state index contributed by atoms with van der Waals surface area (Å²) in [6.45, 7) is 12.7. The van der Waals surface area contributed by atoms with Gasteiger partial charge in [0, 0.05) is 12.3 Å². The molecule has 1 N–H and O–H groups in total. The summed E-state index contributed by atoms with van der Waals surface area (Å²) < 4.78 is 11.3. The van der Waals surface area contributed by atoms with Gasteiger partial charge in [-0.1, -0.05) is 20.8 Å². The van der Waals surface area contributed by atoms with Crippen molar-refractivity contribution in [1.82, 2.24) is 0 Å². The first kappa shape index (κ1) is 19.5. The van der Waals surface area contributed by atoms with E-state index in [-0.39, 0.29) is 5.91 Å². The van der Waals surface area contributed by atoms with E-state index in [1.807, 2.05) is 39.8 Å². The van der Waals surface area contributed by atoms with Gasteiger partial charge in [0.15, 0.2) is 0 Å². The average Bonchev–Trinajstić information content (AvgIpc) is 2.44. The molecule has 0 saturated heterocycles. The fourth-order valence-electron chi connectivity index (χ4n) is 2.93. The average molecular weight is 321 g/mol. The van der Waals surface area contributed by atoms with Crippen molar-refractivity contribution >= 4 is 11.6 Å². The Labute approximate surface area is 140 Å². The fourth-order valence-corrected chi connectivity index (χ4v) is 2.93. The molecule has 1 rings (SSSR count). The molecule has 1 aromatic rings. The van der Waals surface area contributed by atoms with Crippen LogP contribution in [0.4, 0.5) is 5.69 Å². The molecule has 4 heteroatoms. The zero-order valence-electron chi connectivity index (χ0n) is 15.6. The number of nitrogens with one attached hydrogen (secondary N) is 1. The number of hydrogen-bond donors (Lipinski definition) is 1. The van der Waals surface area contributed by atoms with Gasteiger partial charge in [0.2, 0.25) is 0 Å². The molecule has 1 aromatic carbocycles. The molecule has 1 atom stereocenters. The van der Waals surface area contributed by atoms with Gasteiger partial charge >= 0.3 is 0 Å². The van der Waals surface area contributed by atoms with Gasteiger partial charge in [-0.15, -0.1) is 0 Å². The molecule has 0 fully saturated rings. The topological polar surface area (TPSA) is 47.6 Å². The molecule has 23 heavy (non-hydrogen) atoms. The van der Waals surface area contributed by atoms with E-state index in [0.29, 0.717) is 18.9 Å². The minimum atomic E-state index is -0.814. The SMILES string of the molecule is CCCOC(C)(CC(C)C)C(=O)Nc1cc(C)c(OC)c(C)c1. The van der Waals surface area contributed by atoms with Crippen molar-refractivity contribution in [2.75, 3.05) is 19.0 Å². The molecular formula is C19H31NO3. The number of methoxy groups -OCH3 is 1. The number of carbonyl (C=O) groups excluding carboxylic acids is 1. The van der Waals surface area contributed by atoms with E-state index >= 15 is 0 Å². The predicted molar refractivity (Wildman–Crippen MR) is 95.2 cm³/mol. The first-order valence-electron chi connectivity index (χ1n) is 8.34. The lowest BCUT2D eigenvalue weighted by Gasteiger charge is -2.30. The summed E-state index contributed by atoms with van der Waals surface area (Å²) in [7, 11) is 1.66. The van der Waals surface area contributed by atoms with Gasteiger partial charge in [0.05, 0.1) is 7.11 Å². The van der Waals surface area contributed by atoms with E-state index < -0.39 is 5.60 Å². The van der Waals surface area contributed by atoms with Crippen molar-refractivity contribution in [2.45, 2.75) is 60.0 Å². The Hall–Kier alpha value is -1.55. The highest BCUT2D eigenvalue weighted by Gasteiger charge is 2.35. The first-order chi connectivity index (χ1) is 10.7. The third-order valence-corrected chi connectivity index (χ3v) is 3.83. The van der Waals surface area contributed by atoms with Crippen LogP contribution in [0.1, 0.15) is 51.7 Å². The second-order valence-corrected chi connectivity index (χ2v) is 6.77. The predicted octanol–water partition coefficient (Wildman–Crippen LogP) is 4.48. The number of hydrogen-bond acceptors (Lipinski definition) is 3. The number of benzene rings is 1. The van der Waals surface area contributed by atoms with E-state index in [0.717, 1.165) is 29.0 Å². The minimum absolute atomic E-state index is 0.0939. The van der Waals surface area contributed by atoms with Crippen LogP contribution in [-0.2, 0) is 9.53 Å². The van der Waals surface area contributed by atoms with Gasteiger partial charge in [0.25, 0.3) is 5.91 Å². The lowest BCUT2D eigenvalue weighted by atomic mass is 9.92. The molecule has 0 aliphatic rings. The monoisotopic (exact) mass is 321 g/mol. The van der Waals surface area contributed by atoms with Gasteiger partial charge in [-0.25, -0.2) is 0 Å². The summed E-state index contributed by atoms with van der Waals surface area (Å²) in [6.07, 6.45) is 1.58. The standard InChI is InChI=1S/C19H31NO3/c1-8-9-23-19(6,12-13(2)3)18(21)20-16-10-14(4)17(22-7)15(5)11-16/h10-11,13H,8-9,12H2,1-7H3,(H,20,21). The van der Waals surface area contributed by atoms with Crippen LogP contribution in [0.25, 0.3) is 0 Å². The molecule has 0 saturated carbocycles. The Morgan fingerprint density at radius 3 is 2.26 bits per heavy atom. The van der Waals surface area contributed by atoms with Crippen LogP contribution < -0.4 is 10.1 Å². The summed E-state index contributed by atoms with van der Waals surface area (Å²) in [4.78, 5) is 12.8. The van der Waals surface area contributed by atoms with Crippen LogP contribution >= 0.6 is 0 Å². The lowest BCUT2D eigenvalue weighted by molar-refractivity contribution is -0.141. The molecule has 130 valence electrons. The summed E-state index contributed by atoms with van der Waals surface area (Å²) in [6, 6.07) is 3.86. The normalized spacial score (nSPS) is 13.7. The van der Waals surface area contributed by atoms with E-state index in [9.17, 15) is 4.79 Å². The third kappa shape index (κ3) is 5.24. The van der Waals surface area contributed by atoms with Crippen LogP contribution in [0.3, 0.4) is 0 Å². The van der Waals surface area contributed by atoms with Crippen LogP contribution in [0.2, 0.25) is 0 Å². The van der Waals surface area contributed by atoms with E-state index in [1.54, 1.807) is 7.11 Å². The number of rotatable bonds is 8. The van der Waals surface area contributed by atoms with E-state index in [4.69, 9.17) is 9.47 Å². The molecule has 0 spiro atoms. The van der Waals surface area contributed by atoms with Gasteiger partial charge in [-0.3, -0.25) is 4.79 Å². The minimum Gasteiger partial charge on any atom is -0.496 e. The summed E-state index contributed by atoms with van der Waals surface area (Å²) in [5, 5.41) is 3.01. The zero-order chi connectivity index (χ0) is 17.6. The van der Waals surface area contributed by atoms with Gasteiger partial charge in [-0.05, 0) is 62.8 Å². The Morgan fingerprint density at radius 2 is 1.83 bits per heavy atom. The number of anilines is 1. The summed E-state index contributed by atoms with van der Waals surface area (Å²) in [5.41, 5.74) is 1.97. The molecule has 1 amide bonds. The molecule has 0 bridgehead atoms. The van der Waals surface area contributed by atoms with Gasteiger partial charge in [-0.2, -0.15) is 0 Å². The van der Waals surface area contributed by atoms with Crippen LogP contribution in [0.15, 0.2) is 12.1 Å². The first-order valence-corrected chi connectivity index (χ1v) is 8.34. The highest BCUT2D eigenvalue weighted by molar-refractivity contribution is 5.97. The smallest absolute Gasteiger partial charge is 0.256 e. The number of amides is 1. The number of carbonyl (C=O) groups is 1. The highest BCUT2D eigenvalue weighted by Crippen LogP contribution is 2.28. The Morgan fingerprint density at radius 1 is 1.26 bits per heavy atom. The molecule has 0 heterocycles. The maximum absolute atomic E-state index is 12.8. The molecular weight excluding hydrogens is 290 g/mol. The van der Waals surface area contributed by atoms with E-state index in [2.05, 4.69) is 19.2 Å². The second kappa shape index (κ2) is 8.34. The Kier molecular flexibility index (Phi) is 7.07. The van der Waals surface area contributed by atoms with Crippen molar-refractivity contribution in [2.24, 2.45) is 5.92 Å². The van der Waals surface area contributed by atoms with Crippen molar-refractivity contribution in [3.05, 3.63) is 23.3 Å². The zero-order valence-corrected chi connectivity index (χ0v) is 15.6. The molecule has 0 aromatic heterocycles. The van der Waals surface area contributed by atoms with Crippen molar-refractivity contribution in [3.63, 3.8) is 0 Å². The second-order valence-electron chi connectivity index (χ2n) is 6.77. The fraction of sp³-hybridized carbons (Fsp3) is 0.632. The van der Waals surface area contributed by atoms with Crippen molar-refractivity contribution < 1.29 is 14.3 Å². The Balaban J connectivity index is 2.98. The van der Waals surface area contributed by atoms with Gasteiger partial charge in [0.1, 0.15) is 11.4 Å². The lowest BCUT2D eigenvalue weighted by Crippen LogP contribution is -2.44. The molecule has 4 nitrogen and oxygen atoms in total. The van der Waals surface area contributed by atoms with E-state index in [1.165, 1.54) is 0 Å². The third-order valence-electron chi connectivity index (χ3n) is 3.83. The maximum Gasteiger partial charge on any atom is 0.256 e. The van der Waals surface area contributed by atoms with Crippen LogP contribution in [0.5, 0.6) is 5.75 Å². The van der Waals surface area contributed by atoms with Crippen molar-refractivity contribution in [1.29, 1.82) is 0 Å². The molecule has 0 radical (unpaired) electrons. The molecule has 1 unspecified atom stereocenters. The molecule has 0 aliphatic carbocycles. The highest BCUT2D eigenvalue weighted by atomic mass is 16.5. The molecule has 0 aliphatic heterocycles. The summed E-state index contributed by atoms with van der Waals surface area (Å²) >= 11 is 0.